The maximum Gasteiger partial charge on any atom is 0 e. The summed E-state index contributed by atoms with van der Waals surface area (Å²) in [6.45, 7) is 0. The van der Waals surface area contributed by atoms with Crippen molar-refractivity contribution in [1.82, 2.24) is 0 Å². The standard InChI is InChI=1S/C6H5O.Co/c7-5-6-3-1-2-4-6;/h1-4,6H;/q-1;. The van der Waals surface area contributed by atoms with Gasteiger partial charge in [-0.25, -0.2) is 0 Å². The Hall–Kier alpha value is -0.344. The fourth-order valence-corrected chi connectivity index (χ4v) is 0.510. The van der Waals surface area contributed by atoms with E-state index in [1.54, 1.807) is 12.2 Å². The second-order valence-corrected chi connectivity index (χ2v) is 1.41. The van der Waals surface area contributed by atoms with Gasteiger partial charge in [-0.2, -0.15) is 0 Å². The van der Waals surface area contributed by atoms with Gasteiger partial charge >= 0.3 is 0 Å². The van der Waals surface area contributed by atoms with E-state index in [2.05, 4.69) is 0 Å². The molecule has 1 nitrogen and oxygen atoms in total. The first-order valence-electron chi connectivity index (χ1n) is 2.16. The van der Waals surface area contributed by atoms with Crippen molar-refractivity contribution in [3.63, 3.8) is 0 Å². The van der Waals surface area contributed by atoms with Crippen molar-refractivity contribution in [1.29, 1.82) is 0 Å². The van der Waals surface area contributed by atoms with E-state index in [9.17, 15) is 4.79 Å². The fraction of sp³-hybridized carbons (Fsp3) is 0.167. The Bertz CT molecular complexity index is 114. The summed E-state index contributed by atoms with van der Waals surface area (Å²) in [5.74, 6) is -0.0694. The van der Waals surface area contributed by atoms with Gasteiger partial charge in [0.2, 0.25) is 0 Å². The molecule has 1 radical (unpaired) electrons. The van der Waals surface area contributed by atoms with Crippen LogP contribution in [0.4, 0.5) is 0 Å². The minimum atomic E-state index is -0.0694. The SMILES string of the molecule is O=[C-]C1C=CC=C1.[Co]. The van der Waals surface area contributed by atoms with Crippen LogP contribution in [0.5, 0.6) is 0 Å². The molecule has 0 aliphatic heterocycles. The summed E-state index contributed by atoms with van der Waals surface area (Å²) in [7, 11) is 0. The summed E-state index contributed by atoms with van der Waals surface area (Å²) in [5, 5.41) is 0. The molecule has 0 atom stereocenters. The molecule has 0 aromatic heterocycles. The molecule has 0 bridgehead atoms. The molecule has 1 aliphatic rings. The van der Waals surface area contributed by atoms with E-state index in [1.165, 1.54) is 0 Å². The molecule has 0 aromatic rings. The van der Waals surface area contributed by atoms with Crippen LogP contribution in [0.3, 0.4) is 0 Å². The summed E-state index contributed by atoms with van der Waals surface area (Å²) in [6, 6.07) is 0. The second-order valence-electron chi connectivity index (χ2n) is 1.41. The van der Waals surface area contributed by atoms with E-state index in [4.69, 9.17) is 0 Å². The van der Waals surface area contributed by atoms with Crippen LogP contribution >= 0.6 is 0 Å². The van der Waals surface area contributed by atoms with E-state index in [1.807, 2.05) is 18.4 Å². The summed E-state index contributed by atoms with van der Waals surface area (Å²) in [6.07, 6.45) is 9.12. The number of rotatable bonds is 1. The van der Waals surface area contributed by atoms with Gasteiger partial charge in [-0.3, -0.25) is 6.29 Å². The van der Waals surface area contributed by atoms with Gasteiger partial charge < -0.3 is 4.79 Å². The van der Waals surface area contributed by atoms with Crippen molar-refractivity contribution >= 4 is 6.29 Å². The monoisotopic (exact) mass is 152 g/mol. The van der Waals surface area contributed by atoms with Gasteiger partial charge in [0.05, 0.1) is 0 Å². The van der Waals surface area contributed by atoms with Gasteiger partial charge in [-0.15, -0.1) is 18.1 Å². The number of hydrogen-bond acceptors (Lipinski definition) is 1. The third kappa shape index (κ3) is 1.64. The first kappa shape index (κ1) is 7.66. The quantitative estimate of drug-likeness (QED) is 0.508. The van der Waals surface area contributed by atoms with Gasteiger partial charge in [0.1, 0.15) is 0 Å². The first-order valence-corrected chi connectivity index (χ1v) is 2.16. The molecule has 0 saturated heterocycles. The van der Waals surface area contributed by atoms with Crippen molar-refractivity contribution in [3.05, 3.63) is 24.3 Å². The molecule has 0 fully saturated rings. The van der Waals surface area contributed by atoms with E-state index < -0.39 is 0 Å². The number of carbonyl (C=O) groups excluding carboxylic acids is 1. The maximum absolute atomic E-state index is 9.78. The largest absolute Gasteiger partial charge is 0.541 e. The third-order valence-electron chi connectivity index (χ3n) is 0.884. The molecule has 0 N–H and O–H groups in total. The van der Waals surface area contributed by atoms with Crippen LogP contribution in [0.1, 0.15) is 0 Å². The van der Waals surface area contributed by atoms with Crippen LogP contribution < -0.4 is 0 Å². The summed E-state index contributed by atoms with van der Waals surface area (Å²) >= 11 is 0. The normalized spacial score (nSPS) is 16.0. The molecular weight excluding hydrogens is 147 g/mol. The molecule has 0 aromatic carbocycles. The molecule has 0 unspecified atom stereocenters. The van der Waals surface area contributed by atoms with Crippen LogP contribution in [-0.4, -0.2) is 6.29 Å². The zero-order valence-corrected chi connectivity index (χ0v) is 5.17. The second kappa shape index (κ2) is 3.63. The van der Waals surface area contributed by atoms with E-state index in [0.29, 0.717) is 0 Å². The van der Waals surface area contributed by atoms with Crippen LogP contribution in [0.15, 0.2) is 24.3 Å². The van der Waals surface area contributed by atoms with Crippen LogP contribution in [0.25, 0.3) is 0 Å². The summed E-state index contributed by atoms with van der Waals surface area (Å²) in [4.78, 5) is 9.78. The van der Waals surface area contributed by atoms with Crippen LogP contribution in [-0.2, 0) is 21.6 Å². The average molecular weight is 152 g/mol. The minimum absolute atomic E-state index is 0. The molecule has 0 heterocycles. The zero-order valence-electron chi connectivity index (χ0n) is 4.13. The van der Waals surface area contributed by atoms with Crippen molar-refractivity contribution in [2.45, 2.75) is 0 Å². The zero-order chi connectivity index (χ0) is 5.11. The summed E-state index contributed by atoms with van der Waals surface area (Å²) in [5.41, 5.74) is 0. The van der Waals surface area contributed by atoms with Crippen molar-refractivity contribution < 1.29 is 21.6 Å². The molecule has 1 aliphatic carbocycles. The molecule has 0 spiro atoms. The topological polar surface area (TPSA) is 17.1 Å². The van der Waals surface area contributed by atoms with Gasteiger partial charge in [-0.1, -0.05) is 12.2 Å². The number of hydrogen-bond donors (Lipinski definition) is 0. The predicted molar refractivity (Wildman–Crippen MR) is 27.5 cm³/mol. The average Bonchev–Trinajstić information content (AvgIpc) is 2.14. The Kier molecular flexibility index (Phi) is 3.48. The number of allylic oxidation sites excluding steroid dienone is 4. The van der Waals surface area contributed by atoms with Crippen molar-refractivity contribution in [2.75, 3.05) is 0 Å². The molecule has 0 saturated carbocycles. The van der Waals surface area contributed by atoms with Gasteiger partial charge in [0.25, 0.3) is 0 Å². The maximum atomic E-state index is 9.78. The van der Waals surface area contributed by atoms with Gasteiger partial charge in [0.15, 0.2) is 0 Å². The van der Waals surface area contributed by atoms with Crippen LogP contribution in [0, 0.1) is 5.92 Å². The smallest absolute Gasteiger partial charge is 0 e. The van der Waals surface area contributed by atoms with Crippen molar-refractivity contribution in [2.24, 2.45) is 5.92 Å². The third-order valence-corrected chi connectivity index (χ3v) is 0.884. The Labute approximate surface area is 58.7 Å². The van der Waals surface area contributed by atoms with E-state index in [-0.39, 0.29) is 22.7 Å². The van der Waals surface area contributed by atoms with Crippen molar-refractivity contribution in [3.8, 4) is 0 Å². The molecule has 45 valence electrons. The molecular formula is C6H5CoO-. The summed E-state index contributed by atoms with van der Waals surface area (Å²) < 4.78 is 0. The predicted octanol–water partition coefficient (Wildman–Crippen LogP) is 0.836. The van der Waals surface area contributed by atoms with Gasteiger partial charge in [-0.05, 0) is 0 Å². The molecule has 0 amide bonds. The Balaban J connectivity index is 0.000000490. The minimum Gasteiger partial charge on any atom is -0.541 e. The van der Waals surface area contributed by atoms with E-state index >= 15 is 0 Å². The Morgan fingerprint density at radius 3 is 2.00 bits per heavy atom. The van der Waals surface area contributed by atoms with Crippen LogP contribution in [0.2, 0.25) is 0 Å². The Morgan fingerprint density at radius 1 is 1.25 bits per heavy atom. The first-order chi connectivity index (χ1) is 3.43. The molecule has 2 heteroatoms. The van der Waals surface area contributed by atoms with E-state index in [0.717, 1.165) is 0 Å². The van der Waals surface area contributed by atoms with Gasteiger partial charge in [0, 0.05) is 16.8 Å². The Morgan fingerprint density at radius 2 is 1.75 bits per heavy atom. The fourth-order valence-electron chi connectivity index (χ4n) is 0.510. The molecule has 1 rings (SSSR count). The molecule has 8 heavy (non-hydrogen) atoms.